The molecule has 2 aromatic carbocycles. The number of carbonyl (C=O) groups is 1. The van der Waals surface area contributed by atoms with Crippen LogP contribution >= 0.6 is 0 Å². The fourth-order valence-electron chi connectivity index (χ4n) is 1.60. The average molecular weight is 250 g/mol. The molecular weight excluding hydrogens is 236 g/mol. The van der Waals surface area contributed by atoms with Crippen molar-refractivity contribution in [3.8, 4) is 5.75 Å². The van der Waals surface area contributed by atoms with E-state index in [4.69, 9.17) is 0 Å². The smallest absolute Gasteiger partial charge is 0.178 e. The van der Waals surface area contributed by atoms with Gasteiger partial charge in [-0.15, -0.1) is 0 Å². The lowest BCUT2D eigenvalue weighted by Gasteiger charge is -1.96. The largest absolute Gasteiger partial charge is 0.507 e. The molecule has 0 radical (unpaired) electrons. The van der Waals surface area contributed by atoms with Crippen LogP contribution in [0.4, 0.5) is 0 Å². The molecule has 0 aliphatic carbocycles. The van der Waals surface area contributed by atoms with E-state index in [0.717, 1.165) is 5.56 Å². The van der Waals surface area contributed by atoms with Gasteiger partial charge in [-0.2, -0.15) is 0 Å². The summed E-state index contributed by atoms with van der Waals surface area (Å²) in [5.41, 5.74) is 1.61. The lowest BCUT2D eigenvalue weighted by molar-refractivity contribution is -0.110. The molecule has 0 spiro atoms. The Morgan fingerprint density at radius 2 is 1.47 bits per heavy atom. The molecule has 0 bridgehead atoms. The number of ketones is 1. The fraction of sp³-hybridized carbons (Fsp3) is 0. The summed E-state index contributed by atoms with van der Waals surface area (Å²) in [7, 11) is 0. The van der Waals surface area contributed by atoms with Gasteiger partial charge in [-0.25, -0.2) is 0 Å². The van der Waals surface area contributed by atoms with Gasteiger partial charge in [-0.3, -0.25) is 4.79 Å². The molecule has 2 nitrogen and oxygen atoms in total. The van der Waals surface area contributed by atoms with Crippen LogP contribution in [-0.4, -0.2) is 10.9 Å². The van der Waals surface area contributed by atoms with Gasteiger partial charge in [0, 0.05) is 5.56 Å². The van der Waals surface area contributed by atoms with Gasteiger partial charge in [-0.1, -0.05) is 54.6 Å². The van der Waals surface area contributed by atoms with E-state index in [1.807, 2.05) is 36.4 Å². The van der Waals surface area contributed by atoms with Crippen LogP contribution < -0.4 is 0 Å². The Hall–Kier alpha value is -2.61. The molecule has 94 valence electrons. The van der Waals surface area contributed by atoms with Crippen molar-refractivity contribution in [2.45, 2.75) is 0 Å². The number of hydrogen-bond acceptors (Lipinski definition) is 2. The van der Waals surface area contributed by atoms with Crippen LogP contribution in [0.15, 0.2) is 66.7 Å². The zero-order chi connectivity index (χ0) is 13.5. The van der Waals surface area contributed by atoms with Crippen molar-refractivity contribution in [2.24, 2.45) is 0 Å². The van der Waals surface area contributed by atoms with E-state index in [-0.39, 0.29) is 11.5 Å². The van der Waals surface area contributed by atoms with E-state index < -0.39 is 0 Å². The highest BCUT2D eigenvalue weighted by atomic mass is 16.3. The summed E-state index contributed by atoms with van der Waals surface area (Å²) in [4.78, 5) is 11.6. The highest BCUT2D eigenvalue weighted by molar-refractivity contribution is 6.04. The first-order valence-corrected chi connectivity index (χ1v) is 5.99. The van der Waals surface area contributed by atoms with Crippen molar-refractivity contribution in [3.05, 3.63) is 77.9 Å². The number of hydrogen-bond donors (Lipinski definition) is 1. The standard InChI is InChI=1S/C17H14O2/c18-16(12-10-14-6-2-1-3-7-14)13-11-15-8-4-5-9-17(15)19/h1-13,19H/b12-10-,13-11-. The normalized spacial score (nSPS) is 11.2. The van der Waals surface area contributed by atoms with Crippen molar-refractivity contribution >= 4 is 17.9 Å². The van der Waals surface area contributed by atoms with Crippen molar-refractivity contribution in [1.82, 2.24) is 0 Å². The molecule has 2 rings (SSSR count). The number of rotatable bonds is 4. The SMILES string of the molecule is O=C(/C=C\c1ccccc1)/C=C\c1ccccc1O. The number of phenolic OH excluding ortho intramolecular Hbond substituents is 1. The second kappa shape index (κ2) is 6.36. The highest BCUT2D eigenvalue weighted by Gasteiger charge is 1.95. The Morgan fingerprint density at radius 3 is 2.21 bits per heavy atom. The van der Waals surface area contributed by atoms with Crippen LogP contribution in [0.25, 0.3) is 12.2 Å². The van der Waals surface area contributed by atoms with Crippen molar-refractivity contribution in [3.63, 3.8) is 0 Å². The third-order valence-electron chi connectivity index (χ3n) is 2.60. The van der Waals surface area contributed by atoms with Crippen molar-refractivity contribution in [1.29, 1.82) is 0 Å². The van der Waals surface area contributed by atoms with Crippen molar-refractivity contribution < 1.29 is 9.90 Å². The molecule has 19 heavy (non-hydrogen) atoms. The van der Waals surface area contributed by atoms with Crippen LogP contribution in [-0.2, 0) is 4.79 Å². The summed E-state index contributed by atoms with van der Waals surface area (Å²) in [5, 5.41) is 9.55. The summed E-state index contributed by atoms with van der Waals surface area (Å²) >= 11 is 0. The number of carbonyl (C=O) groups excluding carboxylic acids is 1. The summed E-state index contributed by atoms with van der Waals surface area (Å²) < 4.78 is 0. The maximum absolute atomic E-state index is 11.6. The Morgan fingerprint density at radius 1 is 0.842 bits per heavy atom. The molecule has 0 saturated carbocycles. The number of para-hydroxylation sites is 1. The van der Waals surface area contributed by atoms with Gasteiger partial charge >= 0.3 is 0 Å². The van der Waals surface area contributed by atoms with Gasteiger partial charge in [0.2, 0.25) is 0 Å². The highest BCUT2D eigenvalue weighted by Crippen LogP contribution is 2.16. The van der Waals surface area contributed by atoms with Crippen LogP contribution in [0.2, 0.25) is 0 Å². The minimum absolute atomic E-state index is 0.118. The Labute approximate surface area is 112 Å². The van der Waals surface area contributed by atoms with E-state index in [0.29, 0.717) is 5.56 Å². The summed E-state index contributed by atoms with van der Waals surface area (Å²) in [5.74, 6) is 0.0469. The van der Waals surface area contributed by atoms with Gasteiger partial charge in [0.05, 0.1) is 0 Å². The quantitative estimate of drug-likeness (QED) is 0.840. The monoisotopic (exact) mass is 250 g/mol. The molecule has 0 aliphatic heterocycles. The zero-order valence-electron chi connectivity index (χ0n) is 10.4. The zero-order valence-corrected chi connectivity index (χ0v) is 10.4. The minimum atomic E-state index is -0.118. The lowest BCUT2D eigenvalue weighted by atomic mass is 10.1. The number of allylic oxidation sites excluding steroid dienone is 2. The van der Waals surface area contributed by atoms with E-state index in [1.165, 1.54) is 12.2 Å². The Balaban J connectivity index is 2.02. The van der Waals surface area contributed by atoms with Gasteiger partial charge < -0.3 is 5.11 Å². The van der Waals surface area contributed by atoms with Gasteiger partial charge in [0.15, 0.2) is 5.78 Å². The molecule has 0 heterocycles. The molecule has 2 aromatic rings. The second-order valence-electron chi connectivity index (χ2n) is 4.04. The maximum Gasteiger partial charge on any atom is 0.178 e. The molecule has 2 heteroatoms. The Bertz CT molecular complexity index is 610. The number of aromatic hydroxyl groups is 1. The average Bonchev–Trinajstić information content (AvgIpc) is 2.45. The molecule has 0 saturated heterocycles. The lowest BCUT2D eigenvalue weighted by Crippen LogP contribution is -1.85. The van der Waals surface area contributed by atoms with Gasteiger partial charge in [0.25, 0.3) is 0 Å². The maximum atomic E-state index is 11.6. The molecule has 1 N–H and O–H groups in total. The fourth-order valence-corrected chi connectivity index (χ4v) is 1.60. The van der Waals surface area contributed by atoms with Crippen LogP contribution in [0.5, 0.6) is 5.75 Å². The van der Waals surface area contributed by atoms with Crippen LogP contribution in [0, 0.1) is 0 Å². The third-order valence-corrected chi connectivity index (χ3v) is 2.60. The Kier molecular flexibility index (Phi) is 4.29. The van der Waals surface area contributed by atoms with E-state index in [2.05, 4.69) is 0 Å². The van der Waals surface area contributed by atoms with Crippen molar-refractivity contribution in [2.75, 3.05) is 0 Å². The van der Waals surface area contributed by atoms with E-state index in [1.54, 1.807) is 30.4 Å². The summed E-state index contributed by atoms with van der Waals surface area (Å²) in [6.45, 7) is 0. The second-order valence-corrected chi connectivity index (χ2v) is 4.04. The van der Waals surface area contributed by atoms with Crippen LogP contribution in [0.3, 0.4) is 0 Å². The number of benzene rings is 2. The molecule has 0 aromatic heterocycles. The van der Waals surface area contributed by atoms with Gasteiger partial charge in [0.1, 0.15) is 5.75 Å². The molecule has 0 atom stereocenters. The molecule has 0 fully saturated rings. The molecular formula is C17H14O2. The minimum Gasteiger partial charge on any atom is -0.507 e. The summed E-state index contributed by atoms with van der Waals surface area (Å²) in [6.07, 6.45) is 6.31. The molecule has 0 aliphatic rings. The predicted octanol–water partition coefficient (Wildman–Crippen LogP) is 3.69. The topological polar surface area (TPSA) is 37.3 Å². The first kappa shape index (κ1) is 12.8. The molecule has 0 amide bonds. The summed E-state index contributed by atoms with van der Waals surface area (Å²) in [6, 6.07) is 16.5. The predicted molar refractivity (Wildman–Crippen MR) is 77.6 cm³/mol. The third kappa shape index (κ3) is 3.96. The first-order valence-electron chi connectivity index (χ1n) is 5.99. The van der Waals surface area contributed by atoms with E-state index in [9.17, 15) is 9.90 Å². The van der Waals surface area contributed by atoms with Crippen LogP contribution in [0.1, 0.15) is 11.1 Å². The first-order chi connectivity index (χ1) is 9.25. The number of phenols is 1. The molecule has 0 unspecified atom stereocenters. The van der Waals surface area contributed by atoms with Gasteiger partial charge in [-0.05, 0) is 29.9 Å². The van der Waals surface area contributed by atoms with E-state index >= 15 is 0 Å².